The normalized spacial score (nSPS) is 15.6. The molecule has 0 aliphatic carbocycles. The summed E-state index contributed by atoms with van der Waals surface area (Å²) in [5, 5.41) is 2.74. The van der Waals surface area contributed by atoms with E-state index >= 15 is 0 Å². The molecule has 5 nitrogen and oxygen atoms in total. The van der Waals surface area contributed by atoms with Crippen LogP contribution in [0.3, 0.4) is 0 Å². The van der Waals surface area contributed by atoms with Gasteiger partial charge in [-0.1, -0.05) is 18.2 Å². The average molecular weight is 422 g/mol. The summed E-state index contributed by atoms with van der Waals surface area (Å²) in [7, 11) is 0. The molecule has 0 fully saturated rings. The van der Waals surface area contributed by atoms with Crippen molar-refractivity contribution in [3.8, 4) is 5.75 Å². The van der Waals surface area contributed by atoms with Crippen molar-refractivity contribution in [1.29, 1.82) is 0 Å². The maximum Gasteiger partial charge on any atom is 0.263 e. The molecule has 0 saturated carbocycles. The van der Waals surface area contributed by atoms with E-state index in [9.17, 15) is 18.4 Å². The van der Waals surface area contributed by atoms with Crippen LogP contribution in [0.2, 0.25) is 0 Å². The Morgan fingerprint density at radius 3 is 2.58 bits per heavy atom. The first-order valence-electron chi connectivity index (χ1n) is 9.79. The van der Waals surface area contributed by atoms with Gasteiger partial charge in [-0.05, 0) is 61.0 Å². The summed E-state index contributed by atoms with van der Waals surface area (Å²) in [5.74, 6) is -0.919. The lowest BCUT2D eigenvalue weighted by molar-refractivity contribution is -0.138. The lowest BCUT2D eigenvalue weighted by atomic mass is 10.1. The predicted molar refractivity (Wildman–Crippen MR) is 112 cm³/mol. The molecule has 158 valence electrons. The molecule has 1 N–H and O–H groups in total. The molecular weight excluding hydrogens is 402 g/mol. The third-order valence-electron chi connectivity index (χ3n) is 5.02. The van der Waals surface area contributed by atoms with E-state index in [4.69, 9.17) is 4.74 Å². The van der Waals surface area contributed by atoms with Crippen molar-refractivity contribution < 1.29 is 23.1 Å². The smallest absolute Gasteiger partial charge is 0.263 e. The number of benzene rings is 3. The molecule has 2 amide bonds. The fourth-order valence-electron chi connectivity index (χ4n) is 3.45. The van der Waals surface area contributed by atoms with Gasteiger partial charge in [0.2, 0.25) is 0 Å². The van der Waals surface area contributed by atoms with Gasteiger partial charge >= 0.3 is 0 Å². The topological polar surface area (TPSA) is 58.6 Å². The van der Waals surface area contributed by atoms with Crippen LogP contribution in [0.4, 0.5) is 14.5 Å². The van der Waals surface area contributed by atoms with E-state index in [0.717, 1.165) is 17.2 Å². The van der Waals surface area contributed by atoms with Crippen LogP contribution in [0.1, 0.15) is 28.4 Å². The number of amides is 2. The van der Waals surface area contributed by atoms with Gasteiger partial charge in [-0.15, -0.1) is 0 Å². The van der Waals surface area contributed by atoms with Gasteiger partial charge < -0.3 is 15.0 Å². The van der Waals surface area contributed by atoms with E-state index in [1.807, 2.05) is 0 Å². The van der Waals surface area contributed by atoms with Gasteiger partial charge in [0.15, 0.2) is 6.10 Å². The number of hydrogen-bond acceptors (Lipinski definition) is 3. The van der Waals surface area contributed by atoms with Crippen molar-refractivity contribution in [2.75, 3.05) is 5.32 Å². The Morgan fingerprint density at radius 2 is 1.84 bits per heavy atom. The van der Waals surface area contributed by atoms with Crippen LogP contribution >= 0.6 is 0 Å². The van der Waals surface area contributed by atoms with Crippen LogP contribution in [-0.4, -0.2) is 22.8 Å². The van der Waals surface area contributed by atoms with E-state index in [1.54, 1.807) is 42.2 Å². The molecule has 0 spiro atoms. The number of anilines is 1. The van der Waals surface area contributed by atoms with Gasteiger partial charge in [0.1, 0.15) is 17.4 Å². The van der Waals surface area contributed by atoms with Gasteiger partial charge in [0, 0.05) is 29.9 Å². The maximum absolute atomic E-state index is 13.4. The first-order valence-corrected chi connectivity index (χ1v) is 9.79. The molecule has 31 heavy (non-hydrogen) atoms. The van der Waals surface area contributed by atoms with Crippen LogP contribution in [0, 0.1) is 11.6 Å². The molecule has 1 atom stereocenters. The number of hydrogen-bond donors (Lipinski definition) is 1. The Balaban J connectivity index is 1.56. The van der Waals surface area contributed by atoms with E-state index in [0.29, 0.717) is 18.0 Å². The van der Waals surface area contributed by atoms with Gasteiger partial charge in [-0.3, -0.25) is 9.59 Å². The van der Waals surface area contributed by atoms with Crippen LogP contribution in [0.25, 0.3) is 0 Å². The molecule has 1 unspecified atom stereocenters. The number of nitrogens with one attached hydrogen (secondary N) is 1. The molecule has 3 aromatic carbocycles. The minimum Gasteiger partial charge on any atom is -0.481 e. The Hall–Kier alpha value is -3.74. The molecule has 1 heterocycles. The second-order valence-corrected chi connectivity index (χ2v) is 7.37. The number of halogens is 2. The van der Waals surface area contributed by atoms with Crippen molar-refractivity contribution in [3.63, 3.8) is 0 Å². The summed E-state index contributed by atoms with van der Waals surface area (Å²) in [4.78, 5) is 26.8. The van der Waals surface area contributed by atoms with Crippen LogP contribution in [0.15, 0.2) is 66.7 Å². The SMILES string of the molecule is CC1Oc2ccc(NC(=O)c3cccc(F)c3)cc2CN(Cc2ccc(F)cc2)C1=O. The first kappa shape index (κ1) is 20.5. The third-order valence-corrected chi connectivity index (χ3v) is 5.02. The highest BCUT2D eigenvalue weighted by molar-refractivity contribution is 6.04. The van der Waals surface area contributed by atoms with Crippen molar-refractivity contribution in [2.45, 2.75) is 26.1 Å². The number of fused-ring (bicyclic) bond motifs is 1. The van der Waals surface area contributed by atoms with Crippen molar-refractivity contribution in [1.82, 2.24) is 4.90 Å². The zero-order chi connectivity index (χ0) is 22.0. The number of carbonyl (C=O) groups is 2. The quantitative estimate of drug-likeness (QED) is 0.672. The first-order chi connectivity index (χ1) is 14.9. The Labute approximate surface area is 178 Å². The Kier molecular flexibility index (Phi) is 5.66. The summed E-state index contributed by atoms with van der Waals surface area (Å²) in [5.41, 5.74) is 2.21. The molecule has 0 aromatic heterocycles. The molecule has 3 aromatic rings. The highest BCUT2D eigenvalue weighted by Crippen LogP contribution is 2.29. The summed E-state index contributed by atoms with van der Waals surface area (Å²) < 4.78 is 32.4. The number of rotatable bonds is 4. The Bertz CT molecular complexity index is 1130. The zero-order valence-corrected chi connectivity index (χ0v) is 16.8. The summed E-state index contributed by atoms with van der Waals surface area (Å²) >= 11 is 0. The zero-order valence-electron chi connectivity index (χ0n) is 16.8. The molecule has 4 rings (SSSR count). The summed E-state index contributed by atoms with van der Waals surface area (Å²) in [6.45, 7) is 2.24. The van der Waals surface area contributed by atoms with E-state index < -0.39 is 17.8 Å². The fraction of sp³-hybridized carbons (Fsp3) is 0.167. The van der Waals surface area contributed by atoms with Crippen molar-refractivity contribution >= 4 is 17.5 Å². The molecule has 0 saturated heterocycles. The second-order valence-electron chi connectivity index (χ2n) is 7.37. The lowest BCUT2D eigenvalue weighted by Gasteiger charge is -2.22. The molecule has 1 aliphatic rings. The van der Waals surface area contributed by atoms with Crippen molar-refractivity contribution in [3.05, 3.63) is 95.1 Å². The van der Waals surface area contributed by atoms with E-state index in [1.165, 1.54) is 30.3 Å². The number of nitrogens with zero attached hydrogens (tertiary/aromatic N) is 1. The largest absolute Gasteiger partial charge is 0.481 e. The van der Waals surface area contributed by atoms with Crippen molar-refractivity contribution in [2.24, 2.45) is 0 Å². The molecule has 0 radical (unpaired) electrons. The highest BCUT2D eigenvalue weighted by atomic mass is 19.1. The van der Waals surface area contributed by atoms with Crippen LogP contribution < -0.4 is 10.1 Å². The molecular formula is C24H20F2N2O3. The molecule has 0 bridgehead atoms. The minimum absolute atomic E-state index is 0.189. The van der Waals surface area contributed by atoms with E-state index in [2.05, 4.69) is 5.32 Å². The fourth-order valence-corrected chi connectivity index (χ4v) is 3.45. The minimum atomic E-state index is -0.686. The maximum atomic E-state index is 13.4. The van der Waals surface area contributed by atoms with Gasteiger partial charge in [0.25, 0.3) is 11.8 Å². The van der Waals surface area contributed by atoms with E-state index in [-0.39, 0.29) is 23.8 Å². The summed E-state index contributed by atoms with van der Waals surface area (Å²) in [6, 6.07) is 16.5. The number of ether oxygens (including phenoxy) is 1. The second kappa shape index (κ2) is 8.55. The number of carbonyl (C=O) groups excluding carboxylic acids is 2. The van der Waals surface area contributed by atoms with Gasteiger partial charge in [-0.25, -0.2) is 8.78 Å². The van der Waals surface area contributed by atoms with Gasteiger partial charge in [-0.2, -0.15) is 0 Å². The lowest BCUT2D eigenvalue weighted by Crippen LogP contribution is -2.37. The van der Waals surface area contributed by atoms with Gasteiger partial charge in [0.05, 0.1) is 0 Å². The molecule has 1 aliphatic heterocycles. The average Bonchev–Trinajstić information content (AvgIpc) is 2.86. The standard InChI is InChI=1S/C24H20F2N2O3/c1-15-24(30)28(13-16-5-7-19(25)8-6-16)14-18-12-21(9-10-22(18)31-15)27-23(29)17-3-2-4-20(26)11-17/h2-12,15H,13-14H2,1H3,(H,27,29). The monoisotopic (exact) mass is 422 g/mol. The van der Waals surface area contributed by atoms with Crippen LogP contribution in [0.5, 0.6) is 5.75 Å². The molecule has 7 heteroatoms. The highest BCUT2D eigenvalue weighted by Gasteiger charge is 2.28. The predicted octanol–water partition coefficient (Wildman–Crippen LogP) is 4.53. The third kappa shape index (κ3) is 4.71. The Morgan fingerprint density at radius 1 is 1.06 bits per heavy atom. The van der Waals surface area contributed by atoms with Crippen LogP contribution in [-0.2, 0) is 17.9 Å². The summed E-state index contributed by atoms with van der Waals surface area (Å²) in [6.07, 6.45) is -0.686.